The minimum Gasteiger partial charge on any atom is -0.504 e. The second-order valence-electron chi connectivity index (χ2n) is 4.80. The zero-order valence-electron chi connectivity index (χ0n) is 12.4. The quantitative estimate of drug-likeness (QED) is 0.858. The van der Waals surface area contributed by atoms with Crippen LogP contribution < -0.4 is 9.47 Å². The number of aliphatic carboxylic acids is 1. The Morgan fingerprint density at radius 3 is 2.32 bits per heavy atom. The van der Waals surface area contributed by atoms with Crippen LogP contribution in [0.15, 0.2) is 42.5 Å². The van der Waals surface area contributed by atoms with Crippen molar-refractivity contribution in [1.82, 2.24) is 0 Å². The van der Waals surface area contributed by atoms with E-state index in [1.165, 1.54) is 14.2 Å². The lowest BCUT2D eigenvalue weighted by Crippen LogP contribution is -2.15. The lowest BCUT2D eigenvalue weighted by molar-refractivity contribution is -0.138. The first-order valence-corrected chi connectivity index (χ1v) is 6.79. The molecule has 0 amide bonds. The first-order chi connectivity index (χ1) is 10.6. The average molecular weight is 302 g/mol. The van der Waals surface area contributed by atoms with Crippen molar-refractivity contribution in [2.24, 2.45) is 0 Å². The number of carbonyl (C=O) groups is 1. The summed E-state index contributed by atoms with van der Waals surface area (Å²) in [6.07, 6.45) is 0.138. The van der Waals surface area contributed by atoms with Crippen molar-refractivity contribution in [3.8, 4) is 17.2 Å². The topological polar surface area (TPSA) is 76.0 Å². The molecular weight excluding hydrogens is 284 g/mol. The fourth-order valence-corrected chi connectivity index (χ4v) is 2.40. The number of ether oxygens (including phenoxy) is 2. The predicted molar refractivity (Wildman–Crippen MR) is 81.7 cm³/mol. The number of hydrogen-bond donors (Lipinski definition) is 2. The number of phenolic OH excluding ortho intramolecular Hbond substituents is 1. The van der Waals surface area contributed by atoms with E-state index in [0.29, 0.717) is 22.6 Å². The molecule has 1 unspecified atom stereocenters. The highest BCUT2D eigenvalue weighted by atomic mass is 16.5. The molecule has 2 N–H and O–H groups in total. The molecule has 0 saturated carbocycles. The van der Waals surface area contributed by atoms with E-state index < -0.39 is 11.9 Å². The molecule has 116 valence electrons. The minimum atomic E-state index is -0.980. The van der Waals surface area contributed by atoms with Crippen LogP contribution in [0.3, 0.4) is 0 Å². The van der Waals surface area contributed by atoms with Gasteiger partial charge in [-0.3, -0.25) is 4.79 Å². The molecular formula is C17H18O5. The summed E-state index contributed by atoms with van der Waals surface area (Å²) in [5.74, 6) is -1.01. The molecule has 2 aromatic rings. The summed E-state index contributed by atoms with van der Waals surface area (Å²) >= 11 is 0. The third-order valence-corrected chi connectivity index (χ3v) is 3.54. The van der Waals surface area contributed by atoms with Gasteiger partial charge in [0.1, 0.15) is 5.75 Å². The monoisotopic (exact) mass is 302 g/mol. The maximum Gasteiger partial charge on any atom is 0.311 e. The number of phenols is 1. The van der Waals surface area contributed by atoms with Gasteiger partial charge in [-0.15, -0.1) is 0 Å². The molecule has 2 rings (SSSR count). The maximum absolute atomic E-state index is 11.7. The molecule has 1 atom stereocenters. The minimum absolute atomic E-state index is 0.0360. The largest absolute Gasteiger partial charge is 0.504 e. The Kier molecular flexibility index (Phi) is 4.88. The van der Waals surface area contributed by atoms with Gasteiger partial charge in [0.15, 0.2) is 11.5 Å². The second-order valence-corrected chi connectivity index (χ2v) is 4.80. The highest BCUT2D eigenvalue weighted by molar-refractivity contribution is 5.78. The molecule has 0 radical (unpaired) electrons. The van der Waals surface area contributed by atoms with Gasteiger partial charge in [0.2, 0.25) is 0 Å². The summed E-state index contributed by atoms with van der Waals surface area (Å²) in [7, 11) is 2.95. The Morgan fingerprint density at radius 1 is 1.05 bits per heavy atom. The molecule has 0 aliphatic rings. The van der Waals surface area contributed by atoms with Crippen LogP contribution in [0.2, 0.25) is 0 Å². The maximum atomic E-state index is 11.7. The van der Waals surface area contributed by atoms with Crippen molar-refractivity contribution in [1.29, 1.82) is 0 Å². The molecule has 5 heteroatoms. The number of hydrogen-bond acceptors (Lipinski definition) is 4. The van der Waals surface area contributed by atoms with Crippen LogP contribution in [0.5, 0.6) is 17.2 Å². The third-order valence-electron chi connectivity index (χ3n) is 3.54. The molecule has 0 bridgehead atoms. The van der Waals surface area contributed by atoms with E-state index in [9.17, 15) is 15.0 Å². The van der Waals surface area contributed by atoms with Crippen molar-refractivity contribution >= 4 is 5.97 Å². The van der Waals surface area contributed by atoms with Gasteiger partial charge in [-0.25, -0.2) is 0 Å². The fraction of sp³-hybridized carbons (Fsp3) is 0.235. The van der Waals surface area contributed by atoms with E-state index in [1.807, 2.05) is 0 Å². The molecule has 0 aliphatic carbocycles. The summed E-state index contributed by atoms with van der Waals surface area (Å²) in [6, 6.07) is 12.0. The Bertz CT molecular complexity index is 666. The van der Waals surface area contributed by atoms with E-state index in [4.69, 9.17) is 9.47 Å². The van der Waals surface area contributed by atoms with E-state index in [2.05, 4.69) is 0 Å². The number of benzene rings is 2. The summed E-state index contributed by atoms with van der Waals surface area (Å²) in [6.45, 7) is 0. The highest BCUT2D eigenvalue weighted by Crippen LogP contribution is 2.35. The fourth-order valence-electron chi connectivity index (χ4n) is 2.40. The van der Waals surface area contributed by atoms with Gasteiger partial charge in [-0.05, 0) is 24.1 Å². The number of para-hydroxylation sites is 2. The van der Waals surface area contributed by atoms with Crippen LogP contribution in [0, 0.1) is 0 Å². The summed E-state index contributed by atoms with van der Waals surface area (Å²) < 4.78 is 10.3. The van der Waals surface area contributed by atoms with Crippen molar-refractivity contribution in [2.45, 2.75) is 12.3 Å². The standard InChI is InChI=1S/C17H18O5/c1-21-14-8-4-3-7-12(14)13(17(19)20)10-11-6-5-9-15(22-2)16(11)18/h3-9,13,18H,10H2,1-2H3,(H,19,20). The summed E-state index contributed by atoms with van der Waals surface area (Å²) in [5.41, 5.74) is 1.08. The first kappa shape index (κ1) is 15.7. The molecule has 0 saturated heterocycles. The van der Waals surface area contributed by atoms with Gasteiger partial charge in [0, 0.05) is 5.56 Å². The normalized spacial score (nSPS) is 11.7. The SMILES string of the molecule is COc1ccccc1C(Cc1cccc(OC)c1O)C(=O)O. The Morgan fingerprint density at radius 2 is 1.68 bits per heavy atom. The van der Waals surface area contributed by atoms with Crippen LogP contribution in [-0.2, 0) is 11.2 Å². The van der Waals surface area contributed by atoms with E-state index in [-0.39, 0.29) is 12.2 Å². The third kappa shape index (κ3) is 3.14. The Labute approximate surface area is 128 Å². The molecule has 0 fully saturated rings. The highest BCUT2D eigenvalue weighted by Gasteiger charge is 2.25. The Hall–Kier alpha value is -2.69. The number of methoxy groups -OCH3 is 2. The van der Waals surface area contributed by atoms with Crippen molar-refractivity contribution in [2.75, 3.05) is 14.2 Å². The second kappa shape index (κ2) is 6.85. The van der Waals surface area contributed by atoms with Crippen LogP contribution in [0.4, 0.5) is 0 Å². The van der Waals surface area contributed by atoms with Gasteiger partial charge >= 0.3 is 5.97 Å². The number of aromatic hydroxyl groups is 1. The van der Waals surface area contributed by atoms with Crippen molar-refractivity contribution in [3.63, 3.8) is 0 Å². The molecule has 0 spiro atoms. The molecule has 0 aliphatic heterocycles. The zero-order chi connectivity index (χ0) is 16.1. The van der Waals surface area contributed by atoms with E-state index >= 15 is 0 Å². The molecule has 5 nitrogen and oxygen atoms in total. The number of rotatable bonds is 6. The number of carboxylic acid groups (broad SMARTS) is 1. The molecule has 0 heterocycles. The van der Waals surface area contributed by atoms with Crippen LogP contribution >= 0.6 is 0 Å². The van der Waals surface area contributed by atoms with Gasteiger partial charge in [-0.1, -0.05) is 30.3 Å². The smallest absolute Gasteiger partial charge is 0.311 e. The molecule has 2 aromatic carbocycles. The van der Waals surface area contributed by atoms with Gasteiger partial charge in [-0.2, -0.15) is 0 Å². The van der Waals surface area contributed by atoms with E-state index in [1.54, 1.807) is 42.5 Å². The summed E-state index contributed by atoms with van der Waals surface area (Å²) in [4.78, 5) is 11.7. The number of carboxylic acids is 1. The van der Waals surface area contributed by atoms with Crippen molar-refractivity contribution < 1.29 is 24.5 Å². The van der Waals surface area contributed by atoms with Crippen LogP contribution in [-0.4, -0.2) is 30.4 Å². The molecule has 22 heavy (non-hydrogen) atoms. The van der Waals surface area contributed by atoms with Crippen LogP contribution in [0.1, 0.15) is 17.0 Å². The van der Waals surface area contributed by atoms with Crippen molar-refractivity contribution in [3.05, 3.63) is 53.6 Å². The zero-order valence-corrected chi connectivity index (χ0v) is 12.4. The van der Waals surface area contributed by atoms with Gasteiger partial charge in [0.25, 0.3) is 0 Å². The van der Waals surface area contributed by atoms with E-state index in [0.717, 1.165) is 0 Å². The average Bonchev–Trinajstić information content (AvgIpc) is 2.53. The first-order valence-electron chi connectivity index (χ1n) is 6.79. The lowest BCUT2D eigenvalue weighted by Gasteiger charge is -2.17. The van der Waals surface area contributed by atoms with Gasteiger partial charge in [0.05, 0.1) is 20.1 Å². The lowest BCUT2D eigenvalue weighted by atomic mass is 9.91. The Balaban J connectivity index is 2.40. The summed E-state index contributed by atoms with van der Waals surface area (Å²) in [5, 5.41) is 19.7. The molecule has 0 aromatic heterocycles. The van der Waals surface area contributed by atoms with Crippen LogP contribution in [0.25, 0.3) is 0 Å². The predicted octanol–water partition coefficient (Wildman–Crippen LogP) is 2.82. The van der Waals surface area contributed by atoms with Gasteiger partial charge < -0.3 is 19.7 Å².